The van der Waals surface area contributed by atoms with Crippen LogP contribution in [0, 0.1) is 5.82 Å². The van der Waals surface area contributed by atoms with E-state index in [4.69, 9.17) is 16.3 Å². The zero-order chi connectivity index (χ0) is 20.1. The van der Waals surface area contributed by atoms with Gasteiger partial charge in [0.1, 0.15) is 11.6 Å². The van der Waals surface area contributed by atoms with Crippen molar-refractivity contribution in [2.75, 3.05) is 19.7 Å². The number of nitrogens with zero attached hydrogens (tertiary/aromatic N) is 1. The molecule has 1 saturated heterocycles. The van der Waals surface area contributed by atoms with Crippen molar-refractivity contribution in [2.45, 2.75) is 25.8 Å². The van der Waals surface area contributed by atoms with Gasteiger partial charge in [-0.25, -0.2) is 4.39 Å². The smallest absolute Gasteiger partial charge is 0.258 e. The van der Waals surface area contributed by atoms with Gasteiger partial charge in [0.2, 0.25) is 0 Å². The molecule has 1 fully saturated rings. The average Bonchev–Trinajstić information content (AvgIpc) is 2.69. The number of likely N-dealkylation sites (tertiary alicyclic amines) is 1. The lowest BCUT2D eigenvalue weighted by molar-refractivity contribution is 0.0694. The monoisotopic (exact) mass is 404 g/mol. The summed E-state index contributed by atoms with van der Waals surface area (Å²) in [7, 11) is 0. The standard InChI is InChI=1S/C21H22ClFN2O3/c1-2-28-16-8-6-14(7-9-16)20(26)24-15-10-12-25(13-11-15)21(27)19-17(22)4-3-5-18(19)23/h3-9,15H,2,10-13H2,1H3,(H,24,26). The van der Waals surface area contributed by atoms with Crippen LogP contribution < -0.4 is 10.1 Å². The summed E-state index contributed by atoms with van der Waals surface area (Å²) >= 11 is 5.99. The maximum absolute atomic E-state index is 14.0. The van der Waals surface area contributed by atoms with Gasteiger partial charge in [-0.2, -0.15) is 0 Å². The number of rotatable bonds is 5. The van der Waals surface area contributed by atoms with Gasteiger partial charge in [0.25, 0.3) is 11.8 Å². The Kier molecular flexibility index (Phi) is 6.52. The number of ether oxygens (including phenoxy) is 1. The highest BCUT2D eigenvalue weighted by molar-refractivity contribution is 6.33. The van der Waals surface area contributed by atoms with Crippen LogP contribution in [0.3, 0.4) is 0 Å². The third kappa shape index (κ3) is 4.62. The molecule has 0 aliphatic carbocycles. The van der Waals surface area contributed by atoms with Crippen molar-refractivity contribution >= 4 is 23.4 Å². The molecule has 1 heterocycles. The highest BCUT2D eigenvalue weighted by Gasteiger charge is 2.27. The zero-order valence-corrected chi connectivity index (χ0v) is 16.3. The number of hydrogen-bond donors (Lipinski definition) is 1. The summed E-state index contributed by atoms with van der Waals surface area (Å²) in [5, 5.41) is 3.10. The molecule has 1 N–H and O–H groups in total. The van der Waals surface area contributed by atoms with Gasteiger partial charge in [0.05, 0.1) is 17.2 Å². The highest BCUT2D eigenvalue weighted by atomic mass is 35.5. The van der Waals surface area contributed by atoms with Crippen molar-refractivity contribution in [1.29, 1.82) is 0 Å². The van der Waals surface area contributed by atoms with Gasteiger partial charge in [-0.3, -0.25) is 9.59 Å². The highest BCUT2D eigenvalue weighted by Crippen LogP contribution is 2.23. The second kappa shape index (κ2) is 9.06. The molecule has 0 unspecified atom stereocenters. The Hall–Kier alpha value is -2.60. The predicted molar refractivity (Wildman–Crippen MR) is 105 cm³/mol. The summed E-state index contributed by atoms with van der Waals surface area (Å²) in [6.45, 7) is 3.33. The zero-order valence-electron chi connectivity index (χ0n) is 15.6. The largest absolute Gasteiger partial charge is 0.494 e. The van der Waals surface area contributed by atoms with Gasteiger partial charge in [-0.05, 0) is 56.2 Å². The van der Waals surface area contributed by atoms with Crippen LogP contribution in [0.2, 0.25) is 5.02 Å². The number of carbonyl (C=O) groups is 2. The number of hydrogen-bond acceptors (Lipinski definition) is 3. The molecular formula is C21H22ClFN2O3. The summed E-state index contributed by atoms with van der Waals surface area (Å²) in [5.74, 6) is -0.481. The lowest BCUT2D eigenvalue weighted by Crippen LogP contribution is -2.46. The van der Waals surface area contributed by atoms with Crippen LogP contribution in [0.25, 0.3) is 0 Å². The van der Waals surface area contributed by atoms with E-state index in [-0.39, 0.29) is 22.5 Å². The van der Waals surface area contributed by atoms with Gasteiger partial charge < -0.3 is 15.0 Å². The lowest BCUT2D eigenvalue weighted by Gasteiger charge is -2.32. The molecule has 2 aromatic carbocycles. The molecule has 0 bridgehead atoms. The fraction of sp³-hybridized carbons (Fsp3) is 0.333. The van der Waals surface area contributed by atoms with Gasteiger partial charge in [0, 0.05) is 24.7 Å². The normalized spacial score (nSPS) is 14.6. The number of carbonyl (C=O) groups excluding carboxylic acids is 2. The van der Waals surface area contributed by atoms with Crippen molar-refractivity contribution in [3.63, 3.8) is 0 Å². The van der Waals surface area contributed by atoms with Crippen LogP contribution in [0.15, 0.2) is 42.5 Å². The van der Waals surface area contributed by atoms with E-state index in [0.29, 0.717) is 38.1 Å². The van der Waals surface area contributed by atoms with Crippen LogP contribution in [0.5, 0.6) is 5.75 Å². The molecule has 28 heavy (non-hydrogen) atoms. The summed E-state index contributed by atoms with van der Waals surface area (Å²) in [6, 6.07) is 11.1. The van der Waals surface area contributed by atoms with Crippen molar-refractivity contribution in [3.05, 3.63) is 64.4 Å². The maximum atomic E-state index is 14.0. The van der Waals surface area contributed by atoms with Crippen molar-refractivity contribution < 1.29 is 18.7 Å². The lowest BCUT2D eigenvalue weighted by atomic mass is 10.0. The fourth-order valence-electron chi connectivity index (χ4n) is 3.23. The van der Waals surface area contributed by atoms with E-state index in [9.17, 15) is 14.0 Å². The molecule has 0 aromatic heterocycles. The molecule has 3 rings (SSSR count). The number of nitrogens with one attached hydrogen (secondary N) is 1. The number of piperidine rings is 1. The molecule has 0 spiro atoms. The van der Waals surface area contributed by atoms with E-state index in [1.54, 1.807) is 29.2 Å². The minimum Gasteiger partial charge on any atom is -0.494 e. The third-order valence-electron chi connectivity index (χ3n) is 4.72. The average molecular weight is 405 g/mol. The number of halogens is 2. The van der Waals surface area contributed by atoms with E-state index in [0.717, 1.165) is 5.75 Å². The second-order valence-electron chi connectivity index (χ2n) is 6.59. The minimum atomic E-state index is -0.622. The van der Waals surface area contributed by atoms with Crippen LogP contribution in [-0.2, 0) is 0 Å². The Morgan fingerprint density at radius 1 is 1.18 bits per heavy atom. The van der Waals surface area contributed by atoms with Gasteiger partial charge in [0.15, 0.2) is 0 Å². The van der Waals surface area contributed by atoms with Crippen molar-refractivity contribution in [1.82, 2.24) is 10.2 Å². The van der Waals surface area contributed by atoms with Crippen LogP contribution in [0.4, 0.5) is 4.39 Å². The molecule has 148 valence electrons. The first-order valence-corrected chi connectivity index (χ1v) is 9.64. The molecule has 0 atom stereocenters. The molecular weight excluding hydrogens is 383 g/mol. The molecule has 1 aliphatic rings. The first-order valence-electron chi connectivity index (χ1n) is 9.26. The summed E-state index contributed by atoms with van der Waals surface area (Å²) in [4.78, 5) is 26.6. The molecule has 7 heteroatoms. The molecule has 2 aromatic rings. The quantitative estimate of drug-likeness (QED) is 0.821. The number of benzene rings is 2. The fourth-order valence-corrected chi connectivity index (χ4v) is 3.47. The first kappa shape index (κ1) is 20.1. The Morgan fingerprint density at radius 2 is 1.86 bits per heavy atom. The van der Waals surface area contributed by atoms with Gasteiger partial charge in [-0.1, -0.05) is 17.7 Å². The molecule has 0 saturated carbocycles. The molecule has 0 radical (unpaired) electrons. The Labute approximate surface area is 168 Å². The van der Waals surface area contributed by atoms with E-state index in [1.807, 2.05) is 6.92 Å². The first-order chi connectivity index (χ1) is 13.5. The molecule has 5 nitrogen and oxygen atoms in total. The Morgan fingerprint density at radius 3 is 2.46 bits per heavy atom. The van der Waals surface area contributed by atoms with Gasteiger partial charge in [-0.15, -0.1) is 0 Å². The van der Waals surface area contributed by atoms with E-state index in [2.05, 4.69) is 5.32 Å². The predicted octanol–water partition coefficient (Wildman–Crippen LogP) is 3.91. The van der Waals surface area contributed by atoms with Crippen LogP contribution in [0.1, 0.15) is 40.5 Å². The summed E-state index contributed by atoms with van der Waals surface area (Å²) < 4.78 is 19.3. The van der Waals surface area contributed by atoms with Crippen molar-refractivity contribution in [2.24, 2.45) is 0 Å². The van der Waals surface area contributed by atoms with Crippen molar-refractivity contribution in [3.8, 4) is 5.75 Å². The maximum Gasteiger partial charge on any atom is 0.258 e. The molecule has 2 amide bonds. The van der Waals surface area contributed by atoms with E-state index < -0.39 is 11.7 Å². The summed E-state index contributed by atoms with van der Waals surface area (Å²) in [5.41, 5.74) is 0.459. The second-order valence-corrected chi connectivity index (χ2v) is 7.00. The van der Waals surface area contributed by atoms with Crippen LogP contribution in [-0.4, -0.2) is 42.5 Å². The van der Waals surface area contributed by atoms with Gasteiger partial charge >= 0.3 is 0 Å². The molecule has 1 aliphatic heterocycles. The Bertz CT molecular complexity index is 829. The topological polar surface area (TPSA) is 58.6 Å². The third-order valence-corrected chi connectivity index (χ3v) is 5.04. The summed E-state index contributed by atoms with van der Waals surface area (Å²) in [6.07, 6.45) is 1.20. The Balaban J connectivity index is 1.55. The minimum absolute atomic E-state index is 0.0424. The SMILES string of the molecule is CCOc1ccc(C(=O)NC2CCN(C(=O)c3c(F)cccc3Cl)CC2)cc1. The number of amides is 2. The van der Waals surface area contributed by atoms with Crippen LogP contribution >= 0.6 is 11.6 Å². The van der Waals surface area contributed by atoms with E-state index >= 15 is 0 Å². The van der Waals surface area contributed by atoms with E-state index in [1.165, 1.54) is 18.2 Å².